The molecule has 0 spiro atoms. The molecule has 4 rings (SSSR count). The van der Waals surface area contributed by atoms with Crippen LogP contribution in [0.2, 0.25) is 0 Å². The standard InChI is InChI=1S/C30H30Br2N2O6S/c1-6-12-40-27-20(31)13-18(14-21(27)32)15-24-28(35)34-26(19-10-11-22(37-7-2)23(16-19)38-8-3)25(29(36)39-9-4)17(5)33-30(34)41-24/h6,10-11,13-16,26H,1,7-9,12H2,2-5H3/b24-15-/t26-/m1/s1. The van der Waals surface area contributed by atoms with Crippen molar-refractivity contribution in [2.75, 3.05) is 26.4 Å². The number of fused-ring (bicyclic) bond motifs is 1. The van der Waals surface area contributed by atoms with E-state index in [0.29, 0.717) is 63.2 Å². The molecule has 0 radical (unpaired) electrons. The van der Waals surface area contributed by atoms with Gasteiger partial charge in [0.15, 0.2) is 16.3 Å². The van der Waals surface area contributed by atoms with E-state index in [0.717, 1.165) is 14.5 Å². The number of rotatable bonds is 11. The number of esters is 1. The van der Waals surface area contributed by atoms with Crippen LogP contribution in [0.1, 0.15) is 44.9 Å². The van der Waals surface area contributed by atoms with Gasteiger partial charge in [-0.15, -0.1) is 0 Å². The van der Waals surface area contributed by atoms with Crippen LogP contribution in [0, 0.1) is 0 Å². The first-order valence-corrected chi connectivity index (χ1v) is 15.5. The summed E-state index contributed by atoms with van der Waals surface area (Å²) in [7, 11) is 0. The highest BCUT2D eigenvalue weighted by Gasteiger charge is 2.34. The summed E-state index contributed by atoms with van der Waals surface area (Å²) in [5.74, 6) is 1.22. The molecule has 2 heterocycles. The van der Waals surface area contributed by atoms with Gasteiger partial charge in [-0.25, -0.2) is 9.79 Å². The predicted octanol–water partition coefficient (Wildman–Crippen LogP) is 5.69. The van der Waals surface area contributed by atoms with Crippen molar-refractivity contribution in [3.8, 4) is 17.2 Å². The second-order valence-corrected chi connectivity index (χ2v) is 11.5. The highest BCUT2D eigenvalue weighted by Crippen LogP contribution is 2.37. The average molecular weight is 706 g/mol. The van der Waals surface area contributed by atoms with Gasteiger partial charge < -0.3 is 18.9 Å². The third-order valence-corrected chi connectivity index (χ3v) is 8.23. The Balaban J connectivity index is 1.91. The van der Waals surface area contributed by atoms with E-state index in [-0.39, 0.29) is 12.2 Å². The molecule has 1 aliphatic heterocycles. The second-order valence-electron chi connectivity index (χ2n) is 8.79. The summed E-state index contributed by atoms with van der Waals surface area (Å²) >= 11 is 8.36. The molecule has 216 valence electrons. The van der Waals surface area contributed by atoms with Gasteiger partial charge in [0.05, 0.1) is 50.6 Å². The van der Waals surface area contributed by atoms with Gasteiger partial charge in [0.25, 0.3) is 5.56 Å². The number of hydrogen-bond acceptors (Lipinski definition) is 8. The van der Waals surface area contributed by atoms with Gasteiger partial charge >= 0.3 is 5.97 Å². The van der Waals surface area contributed by atoms with Crippen LogP contribution in [0.3, 0.4) is 0 Å². The number of hydrogen-bond donors (Lipinski definition) is 0. The minimum Gasteiger partial charge on any atom is -0.490 e. The Bertz CT molecular complexity index is 1670. The van der Waals surface area contributed by atoms with Gasteiger partial charge in [-0.1, -0.05) is 30.1 Å². The lowest BCUT2D eigenvalue weighted by Crippen LogP contribution is -2.40. The second kappa shape index (κ2) is 13.7. The Labute approximate surface area is 258 Å². The van der Waals surface area contributed by atoms with Crippen molar-refractivity contribution in [1.29, 1.82) is 0 Å². The first kappa shape index (κ1) is 30.8. The Morgan fingerprint density at radius 1 is 1.05 bits per heavy atom. The maximum atomic E-state index is 14.0. The zero-order valence-electron chi connectivity index (χ0n) is 23.2. The molecule has 11 heteroatoms. The summed E-state index contributed by atoms with van der Waals surface area (Å²) in [6, 6.07) is 8.41. The van der Waals surface area contributed by atoms with Crippen molar-refractivity contribution >= 4 is 55.2 Å². The zero-order chi connectivity index (χ0) is 29.7. The first-order valence-electron chi connectivity index (χ1n) is 13.1. The van der Waals surface area contributed by atoms with Gasteiger partial charge in [0.1, 0.15) is 12.4 Å². The summed E-state index contributed by atoms with van der Waals surface area (Å²) in [6.07, 6.45) is 3.46. The van der Waals surface area contributed by atoms with Crippen molar-refractivity contribution < 1.29 is 23.7 Å². The Morgan fingerprint density at radius 3 is 2.37 bits per heavy atom. The molecule has 1 aliphatic rings. The summed E-state index contributed by atoms with van der Waals surface area (Å²) in [5, 5.41) is 0. The van der Waals surface area contributed by atoms with Gasteiger partial charge in [0.2, 0.25) is 0 Å². The van der Waals surface area contributed by atoms with Gasteiger partial charge in [0, 0.05) is 0 Å². The molecule has 41 heavy (non-hydrogen) atoms. The molecule has 1 aromatic heterocycles. The molecule has 3 aromatic rings. The molecule has 0 fully saturated rings. The molecule has 0 saturated carbocycles. The topological polar surface area (TPSA) is 88.3 Å². The van der Waals surface area contributed by atoms with Gasteiger partial charge in [-0.2, -0.15) is 0 Å². The highest BCUT2D eigenvalue weighted by atomic mass is 79.9. The number of allylic oxidation sites excluding steroid dienone is 1. The maximum absolute atomic E-state index is 14.0. The Hall–Kier alpha value is -3.15. The van der Waals surface area contributed by atoms with Crippen molar-refractivity contribution in [3.63, 3.8) is 0 Å². The van der Waals surface area contributed by atoms with Crippen LogP contribution in [0.15, 0.2) is 73.0 Å². The fourth-order valence-electron chi connectivity index (χ4n) is 4.44. The number of thiazole rings is 1. The Kier molecular flexibility index (Phi) is 10.3. The lowest BCUT2D eigenvalue weighted by molar-refractivity contribution is -0.139. The number of benzene rings is 2. The molecular weight excluding hydrogens is 676 g/mol. The number of aromatic nitrogens is 1. The summed E-state index contributed by atoms with van der Waals surface area (Å²) in [6.45, 7) is 12.4. The third kappa shape index (κ3) is 6.52. The van der Waals surface area contributed by atoms with Crippen LogP contribution in [-0.2, 0) is 9.53 Å². The van der Waals surface area contributed by atoms with E-state index < -0.39 is 12.0 Å². The highest BCUT2D eigenvalue weighted by molar-refractivity contribution is 9.11. The fraction of sp³-hybridized carbons (Fsp3) is 0.300. The smallest absolute Gasteiger partial charge is 0.338 e. The quantitative estimate of drug-likeness (QED) is 0.188. The largest absolute Gasteiger partial charge is 0.490 e. The van der Waals surface area contributed by atoms with E-state index in [4.69, 9.17) is 18.9 Å². The van der Waals surface area contributed by atoms with Gasteiger partial charge in [-0.3, -0.25) is 9.36 Å². The number of ether oxygens (including phenoxy) is 4. The lowest BCUT2D eigenvalue weighted by atomic mass is 9.95. The SMILES string of the molecule is C=CCOc1c(Br)cc(/C=c2\sc3n(c2=O)[C@H](c2ccc(OCC)c(OCC)c2)C(C(=O)OCC)=C(C)N=3)cc1Br. The number of nitrogens with zero attached hydrogens (tertiary/aromatic N) is 2. The van der Waals surface area contributed by atoms with E-state index in [1.165, 1.54) is 11.3 Å². The summed E-state index contributed by atoms with van der Waals surface area (Å²) in [5.41, 5.74) is 1.96. The van der Waals surface area contributed by atoms with E-state index in [1.807, 2.05) is 38.1 Å². The predicted molar refractivity (Wildman–Crippen MR) is 167 cm³/mol. The molecule has 8 nitrogen and oxygen atoms in total. The summed E-state index contributed by atoms with van der Waals surface area (Å²) < 4.78 is 26.2. The molecule has 0 saturated heterocycles. The molecule has 0 unspecified atom stereocenters. The maximum Gasteiger partial charge on any atom is 0.338 e. The zero-order valence-corrected chi connectivity index (χ0v) is 27.2. The van der Waals surface area contributed by atoms with Crippen molar-refractivity contribution in [2.45, 2.75) is 33.7 Å². The molecule has 0 aliphatic carbocycles. The minimum absolute atomic E-state index is 0.191. The molecule has 1 atom stereocenters. The van der Waals surface area contributed by atoms with Crippen molar-refractivity contribution in [2.24, 2.45) is 4.99 Å². The van der Waals surface area contributed by atoms with Crippen LogP contribution in [0.4, 0.5) is 0 Å². The Morgan fingerprint density at radius 2 is 1.73 bits per heavy atom. The third-order valence-electron chi connectivity index (χ3n) is 6.06. The van der Waals surface area contributed by atoms with E-state index in [2.05, 4.69) is 43.4 Å². The molecule has 0 bridgehead atoms. The molecule has 2 aromatic carbocycles. The lowest BCUT2D eigenvalue weighted by Gasteiger charge is -2.25. The van der Waals surface area contributed by atoms with Crippen molar-refractivity contribution in [1.82, 2.24) is 4.57 Å². The first-order chi connectivity index (χ1) is 19.7. The number of carbonyl (C=O) groups excluding carboxylic acids is 1. The number of halogens is 2. The van der Waals surface area contributed by atoms with Crippen LogP contribution in [0.5, 0.6) is 17.2 Å². The van der Waals surface area contributed by atoms with Crippen LogP contribution < -0.4 is 29.1 Å². The van der Waals surface area contributed by atoms with E-state index >= 15 is 0 Å². The molecule has 0 N–H and O–H groups in total. The monoisotopic (exact) mass is 704 g/mol. The fourth-order valence-corrected chi connectivity index (χ4v) is 6.94. The average Bonchev–Trinajstić information content (AvgIpc) is 3.22. The summed E-state index contributed by atoms with van der Waals surface area (Å²) in [4.78, 5) is 32.3. The molecular formula is C30H30Br2N2O6S. The molecule has 0 amide bonds. The minimum atomic E-state index is -0.768. The van der Waals surface area contributed by atoms with Crippen LogP contribution in [-0.4, -0.2) is 37.0 Å². The normalized spacial score (nSPS) is 14.8. The van der Waals surface area contributed by atoms with E-state index in [1.54, 1.807) is 36.6 Å². The van der Waals surface area contributed by atoms with Crippen molar-refractivity contribution in [3.05, 3.63) is 94.0 Å². The van der Waals surface area contributed by atoms with Crippen LogP contribution in [0.25, 0.3) is 6.08 Å². The van der Waals surface area contributed by atoms with E-state index in [9.17, 15) is 9.59 Å². The van der Waals surface area contributed by atoms with Crippen LogP contribution >= 0.6 is 43.2 Å². The number of carbonyl (C=O) groups is 1. The van der Waals surface area contributed by atoms with Gasteiger partial charge in [-0.05, 0) is 101 Å².